The molecule has 4 nitrogen and oxygen atoms in total. The first kappa shape index (κ1) is 13.6. The maximum Gasteiger partial charge on any atom is 0.265 e. The Labute approximate surface area is 130 Å². The van der Waals surface area contributed by atoms with E-state index >= 15 is 0 Å². The summed E-state index contributed by atoms with van der Waals surface area (Å²) in [4.78, 5) is 16.7. The van der Waals surface area contributed by atoms with Crippen molar-refractivity contribution in [2.45, 2.75) is 0 Å². The van der Waals surface area contributed by atoms with Crippen LogP contribution in [0, 0.1) is 11.3 Å². The van der Waals surface area contributed by atoms with E-state index in [-0.39, 0.29) is 21.5 Å². The van der Waals surface area contributed by atoms with Gasteiger partial charge in [0, 0.05) is 24.0 Å². The minimum atomic E-state index is -0.351. The Balaban J connectivity index is 2.18. The van der Waals surface area contributed by atoms with Gasteiger partial charge in [0.25, 0.3) is 5.91 Å². The third-order valence-electron chi connectivity index (χ3n) is 3.09. The summed E-state index contributed by atoms with van der Waals surface area (Å²) in [6.45, 7) is 0. The molecule has 0 aliphatic rings. The summed E-state index contributed by atoms with van der Waals surface area (Å²) in [5.74, 6) is -0.351. The van der Waals surface area contributed by atoms with Gasteiger partial charge in [-0.25, -0.2) is 0 Å². The maximum absolute atomic E-state index is 12.7. The van der Waals surface area contributed by atoms with Crippen molar-refractivity contribution in [1.82, 2.24) is 9.55 Å². The highest BCUT2D eigenvalue weighted by atomic mass is 35.5. The predicted molar refractivity (Wildman–Crippen MR) is 80.6 cm³/mol. The van der Waals surface area contributed by atoms with Crippen molar-refractivity contribution < 1.29 is 4.79 Å². The van der Waals surface area contributed by atoms with Crippen molar-refractivity contribution >= 4 is 40.0 Å². The van der Waals surface area contributed by atoms with Gasteiger partial charge in [0.05, 0.1) is 32.8 Å². The number of pyridine rings is 1. The molecule has 2 heterocycles. The number of fused-ring (bicyclic) bond motifs is 1. The van der Waals surface area contributed by atoms with Crippen molar-refractivity contribution in [2.24, 2.45) is 0 Å². The first-order valence-corrected chi connectivity index (χ1v) is 6.72. The van der Waals surface area contributed by atoms with Gasteiger partial charge in [-0.1, -0.05) is 23.2 Å². The number of carbonyl (C=O) groups is 1. The summed E-state index contributed by atoms with van der Waals surface area (Å²) in [6, 6.07) is 8.31. The molecular weight excluding hydrogens is 309 g/mol. The molecule has 0 fully saturated rings. The van der Waals surface area contributed by atoms with Gasteiger partial charge < -0.3 is 0 Å². The molecule has 102 valence electrons. The molecule has 0 atom stereocenters. The highest BCUT2D eigenvalue weighted by Gasteiger charge is 2.19. The quantitative estimate of drug-likeness (QED) is 0.684. The lowest BCUT2D eigenvalue weighted by atomic mass is 10.1. The fraction of sp³-hybridized carbons (Fsp3) is 0. The number of benzene rings is 1. The van der Waals surface area contributed by atoms with E-state index in [9.17, 15) is 4.79 Å². The lowest BCUT2D eigenvalue weighted by molar-refractivity contribution is 0.0965. The Morgan fingerprint density at radius 2 is 1.95 bits per heavy atom. The van der Waals surface area contributed by atoms with Gasteiger partial charge in [-0.15, -0.1) is 0 Å². The van der Waals surface area contributed by atoms with E-state index in [1.165, 1.54) is 16.7 Å². The van der Waals surface area contributed by atoms with E-state index in [1.807, 2.05) is 6.07 Å². The minimum absolute atomic E-state index is 0.153. The molecule has 0 aliphatic carbocycles. The van der Waals surface area contributed by atoms with Gasteiger partial charge in [0.2, 0.25) is 0 Å². The van der Waals surface area contributed by atoms with Crippen molar-refractivity contribution in [1.29, 1.82) is 5.26 Å². The molecule has 21 heavy (non-hydrogen) atoms. The molecule has 1 aromatic carbocycles. The molecule has 0 N–H and O–H groups in total. The van der Waals surface area contributed by atoms with Crippen LogP contribution >= 0.6 is 23.2 Å². The van der Waals surface area contributed by atoms with Crippen LogP contribution in [0.15, 0.2) is 42.9 Å². The zero-order valence-corrected chi connectivity index (χ0v) is 12.1. The SMILES string of the molecule is N#Cc1cc(Cl)c(C(=O)n2ccc3cnccc32)c(Cl)c1. The predicted octanol–water partition coefficient (Wildman–Crippen LogP) is 3.90. The third-order valence-corrected chi connectivity index (χ3v) is 3.69. The number of nitriles is 1. The highest BCUT2D eigenvalue weighted by Crippen LogP contribution is 2.28. The zero-order chi connectivity index (χ0) is 15.0. The van der Waals surface area contributed by atoms with Crippen molar-refractivity contribution in [3.63, 3.8) is 0 Å². The number of nitrogens with zero attached hydrogens (tertiary/aromatic N) is 3. The summed E-state index contributed by atoms with van der Waals surface area (Å²) in [5.41, 5.74) is 1.20. The van der Waals surface area contributed by atoms with E-state index in [1.54, 1.807) is 30.7 Å². The van der Waals surface area contributed by atoms with Crippen LogP contribution in [0.4, 0.5) is 0 Å². The molecule has 0 saturated heterocycles. The first-order chi connectivity index (χ1) is 10.1. The zero-order valence-electron chi connectivity index (χ0n) is 10.5. The second-order valence-electron chi connectivity index (χ2n) is 4.35. The van der Waals surface area contributed by atoms with Gasteiger partial charge in [0.15, 0.2) is 0 Å². The molecule has 0 saturated carbocycles. The van der Waals surface area contributed by atoms with Crippen LogP contribution in [0.25, 0.3) is 10.9 Å². The number of hydrogen-bond donors (Lipinski definition) is 0. The normalized spacial score (nSPS) is 10.5. The van der Waals surface area contributed by atoms with E-state index in [0.717, 1.165) is 5.39 Å². The van der Waals surface area contributed by atoms with Crippen molar-refractivity contribution in [3.05, 3.63) is 64.0 Å². The topological polar surface area (TPSA) is 58.7 Å². The highest BCUT2D eigenvalue weighted by molar-refractivity contribution is 6.40. The molecule has 3 aromatic rings. The number of hydrogen-bond acceptors (Lipinski definition) is 3. The Kier molecular flexibility index (Phi) is 3.38. The smallest absolute Gasteiger partial charge is 0.265 e. The molecule has 2 aromatic heterocycles. The Morgan fingerprint density at radius 3 is 2.62 bits per heavy atom. The van der Waals surface area contributed by atoms with Gasteiger partial charge in [-0.3, -0.25) is 14.3 Å². The average Bonchev–Trinajstić information content (AvgIpc) is 2.90. The molecule has 0 bridgehead atoms. The number of halogens is 2. The van der Waals surface area contributed by atoms with Crippen LogP contribution in [0.1, 0.15) is 15.9 Å². The van der Waals surface area contributed by atoms with Gasteiger partial charge in [-0.05, 0) is 24.3 Å². The van der Waals surface area contributed by atoms with Crippen LogP contribution in [0.2, 0.25) is 10.0 Å². The van der Waals surface area contributed by atoms with Crippen molar-refractivity contribution in [2.75, 3.05) is 0 Å². The second-order valence-corrected chi connectivity index (χ2v) is 5.17. The molecule has 0 aliphatic heterocycles. The molecular formula is C15H7Cl2N3O. The number of carbonyl (C=O) groups excluding carboxylic acids is 1. The van der Waals surface area contributed by atoms with Crippen LogP contribution in [-0.4, -0.2) is 15.5 Å². The second kappa shape index (κ2) is 5.21. The first-order valence-electron chi connectivity index (χ1n) is 5.96. The van der Waals surface area contributed by atoms with Crippen LogP contribution in [-0.2, 0) is 0 Å². The number of aromatic nitrogens is 2. The molecule has 0 radical (unpaired) electrons. The summed E-state index contributed by atoms with van der Waals surface area (Å²) in [5, 5.41) is 10.0. The average molecular weight is 316 g/mol. The van der Waals surface area contributed by atoms with Gasteiger partial charge in [-0.2, -0.15) is 5.26 Å². The fourth-order valence-electron chi connectivity index (χ4n) is 2.12. The number of rotatable bonds is 1. The standard InChI is InChI=1S/C15H7Cl2N3O/c16-11-5-9(7-18)6-12(17)14(11)15(21)20-4-2-10-8-19-3-1-13(10)20/h1-6,8H. The monoisotopic (exact) mass is 315 g/mol. The van der Waals surface area contributed by atoms with Gasteiger partial charge >= 0.3 is 0 Å². The molecule has 0 spiro atoms. The van der Waals surface area contributed by atoms with Crippen LogP contribution < -0.4 is 0 Å². The van der Waals surface area contributed by atoms with E-state index in [2.05, 4.69) is 4.98 Å². The maximum atomic E-state index is 12.7. The van der Waals surface area contributed by atoms with E-state index in [4.69, 9.17) is 28.5 Å². The summed E-state index contributed by atoms with van der Waals surface area (Å²) < 4.78 is 1.45. The van der Waals surface area contributed by atoms with Gasteiger partial charge in [0.1, 0.15) is 0 Å². The Morgan fingerprint density at radius 1 is 1.24 bits per heavy atom. The molecule has 0 amide bonds. The molecule has 6 heteroatoms. The lowest BCUT2D eigenvalue weighted by Crippen LogP contribution is -2.12. The van der Waals surface area contributed by atoms with E-state index in [0.29, 0.717) is 11.1 Å². The Hall–Kier alpha value is -2.35. The summed E-state index contributed by atoms with van der Waals surface area (Å²) in [6.07, 6.45) is 4.91. The molecule has 3 rings (SSSR count). The van der Waals surface area contributed by atoms with Crippen LogP contribution in [0.5, 0.6) is 0 Å². The summed E-state index contributed by atoms with van der Waals surface area (Å²) >= 11 is 12.2. The third kappa shape index (κ3) is 2.27. The Bertz CT molecular complexity index is 886. The summed E-state index contributed by atoms with van der Waals surface area (Å²) in [7, 11) is 0. The minimum Gasteiger partial charge on any atom is -0.283 e. The lowest BCUT2D eigenvalue weighted by Gasteiger charge is -2.08. The van der Waals surface area contributed by atoms with E-state index < -0.39 is 0 Å². The fourth-order valence-corrected chi connectivity index (χ4v) is 2.77. The van der Waals surface area contributed by atoms with Crippen molar-refractivity contribution in [3.8, 4) is 6.07 Å². The largest absolute Gasteiger partial charge is 0.283 e. The molecule has 0 unspecified atom stereocenters. The van der Waals surface area contributed by atoms with Crippen LogP contribution in [0.3, 0.4) is 0 Å².